The largest absolute Gasteiger partial charge is 0.468 e. The summed E-state index contributed by atoms with van der Waals surface area (Å²) in [4.78, 5) is 24.2. The van der Waals surface area contributed by atoms with Gasteiger partial charge in [0.15, 0.2) is 0 Å². The van der Waals surface area contributed by atoms with Crippen LogP contribution in [0.1, 0.15) is 24.5 Å². The summed E-state index contributed by atoms with van der Waals surface area (Å²) in [5, 5.41) is 3.02. The summed E-state index contributed by atoms with van der Waals surface area (Å²) in [5.41, 5.74) is 2.05. The predicted octanol–water partition coefficient (Wildman–Crippen LogP) is 2.88. The molecule has 0 aromatic heterocycles. The topological polar surface area (TPSA) is 64.6 Å². The molecule has 2 aromatic rings. The lowest BCUT2D eigenvalue weighted by atomic mass is 10.0. The molecule has 0 bridgehead atoms. The van der Waals surface area contributed by atoms with E-state index in [1.165, 1.54) is 7.11 Å². The zero-order chi connectivity index (χ0) is 18.8. The molecule has 138 valence electrons. The minimum Gasteiger partial charge on any atom is -0.468 e. The molecule has 1 N–H and O–H groups in total. The van der Waals surface area contributed by atoms with Crippen molar-refractivity contribution in [3.63, 3.8) is 0 Å². The normalized spacial score (nSPS) is 12.8. The quantitative estimate of drug-likeness (QED) is 0.701. The van der Waals surface area contributed by atoms with E-state index < -0.39 is 18.1 Å². The van der Waals surface area contributed by atoms with E-state index >= 15 is 0 Å². The molecule has 0 aliphatic heterocycles. The van der Waals surface area contributed by atoms with Crippen molar-refractivity contribution >= 4 is 11.9 Å². The molecule has 0 amide bonds. The van der Waals surface area contributed by atoms with Crippen LogP contribution in [0.4, 0.5) is 0 Å². The highest BCUT2D eigenvalue weighted by molar-refractivity contribution is 5.79. The number of benzene rings is 2. The average molecular weight is 355 g/mol. The molecule has 0 aliphatic rings. The lowest BCUT2D eigenvalue weighted by Gasteiger charge is -2.20. The average Bonchev–Trinajstić information content (AvgIpc) is 2.70. The summed E-state index contributed by atoms with van der Waals surface area (Å²) >= 11 is 0. The maximum absolute atomic E-state index is 12.2. The van der Waals surface area contributed by atoms with Crippen LogP contribution in [0.3, 0.4) is 0 Å². The number of methoxy groups -OCH3 is 1. The number of aryl methyl sites for hydroxylation is 1. The smallest absolute Gasteiger partial charge is 0.323 e. The molecule has 5 nitrogen and oxygen atoms in total. The van der Waals surface area contributed by atoms with Crippen molar-refractivity contribution in [3.05, 3.63) is 71.8 Å². The van der Waals surface area contributed by atoms with Gasteiger partial charge in [-0.2, -0.15) is 0 Å². The first-order valence-corrected chi connectivity index (χ1v) is 8.68. The second-order valence-corrected chi connectivity index (χ2v) is 6.08. The van der Waals surface area contributed by atoms with Gasteiger partial charge in [-0.05, 0) is 30.9 Å². The monoisotopic (exact) mass is 355 g/mol. The molecule has 0 fully saturated rings. The predicted molar refractivity (Wildman–Crippen MR) is 99.4 cm³/mol. The maximum Gasteiger partial charge on any atom is 0.323 e. The number of hydrogen-bond acceptors (Lipinski definition) is 5. The van der Waals surface area contributed by atoms with Crippen LogP contribution in [0.15, 0.2) is 60.7 Å². The van der Waals surface area contributed by atoms with Gasteiger partial charge in [0, 0.05) is 0 Å². The van der Waals surface area contributed by atoms with Crippen molar-refractivity contribution in [2.24, 2.45) is 0 Å². The number of ether oxygens (including phenoxy) is 2. The zero-order valence-electron chi connectivity index (χ0n) is 15.2. The van der Waals surface area contributed by atoms with Crippen LogP contribution in [-0.4, -0.2) is 31.1 Å². The van der Waals surface area contributed by atoms with Crippen molar-refractivity contribution in [3.8, 4) is 0 Å². The van der Waals surface area contributed by atoms with E-state index in [-0.39, 0.29) is 12.6 Å². The zero-order valence-corrected chi connectivity index (χ0v) is 15.2. The Morgan fingerprint density at radius 2 is 1.50 bits per heavy atom. The van der Waals surface area contributed by atoms with Gasteiger partial charge in [0.25, 0.3) is 0 Å². The van der Waals surface area contributed by atoms with E-state index in [1.54, 1.807) is 6.92 Å². The maximum atomic E-state index is 12.2. The summed E-state index contributed by atoms with van der Waals surface area (Å²) in [6.45, 7) is 1.89. The molecule has 0 saturated carbocycles. The Bertz CT molecular complexity index is 688. The molecule has 5 heteroatoms. The fourth-order valence-electron chi connectivity index (χ4n) is 2.59. The molecule has 2 aromatic carbocycles. The lowest BCUT2D eigenvalue weighted by Crippen LogP contribution is -2.46. The first kappa shape index (κ1) is 19.7. The number of esters is 2. The van der Waals surface area contributed by atoms with Crippen molar-refractivity contribution < 1.29 is 19.1 Å². The molecule has 0 saturated heterocycles. The van der Waals surface area contributed by atoms with Crippen LogP contribution in [0.25, 0.3) is 0 Å². The molecule has 0 spiro atoms. The Labute approximate surface area is 154 Å². The van der Waals surface area contributed by atoms with E-state index in [4.69, 9.17) is 9.47 Å². The number of rotatable bonds is 9. The first-order valence-electron chi connectivity index (χ1n) is 8.68. The first-order chi connectivity index (χ1) is 12.6. The highest BCUT2D eigenvalue weighted by atomic mass is 16.5. The molecule has 0 heterocycles. The molecule has 26 heavy (non-hydrogen) atoms. The lowest BCUT2D eigenvalue weighted by molar-refractivity contribution is -0.148. The van der Waals surface area contributed by atoms with Crippen LogP contribution in [0.5, 0.6) is 0 Å². The van der Waals surface area contributed by atoms with Crippen LogP contribution >= 0.6 is 0 Å². The number of carbonyl (C=O) groups is 2. The molecule has 0 unspecified atom stereocenters. The van der Waals surface area contributed by atoms with E-state index in [0.29, 0.717) is 12.8 Å². The molecule has 0 aliphatic carbocycles. The molecular weight excluding hydrogens is 330 g/mol. The van der Waals surface area contributed by atoms with E-state index in [0.717, 1.165) is 11.1 Å². The summed E-state index contributed by atoms with van der Waals surface area (Å²) in [7, 11) is 1.35. The summed E-state index contributed by atoms with van der Waals surface area (Å²) in [6, 6.07) is 18.2. The van der Waals surface area contributed by atoms with Crippen LogP contribution in [-0.2, 0) is 32.1 Å². The van der Waals surface area contributed by atoms with E-state index in [2.05, 4.69) is 5.32 Å². The van der Waals surface area contributed by atoms with Crippen molar-refractivity contribution in [1.29, 1.82) is 0 Å². The summed E-state index contributed by atoms with van der Waals surface area (Å²) in [5.74, 6) is -0.786. The van der Waals surface area contributed by atoms with Crippen molar-refractivity contribution in [1.82, 2.24) is 5.32 Å². The Balaban J connectivity index is 1.87. The molecule has 2 atom stereocenters. The van der Waals surface area contributed by atoms with Crippen molar-refractivity contribution in [2.45, 2.75) is 38.5 Å². The van der Waals surface area contributed by atoms with Gasteiger partial charge in [0.1, 0.15) is 18.7 Å². The Morgan fingerprint density at radius 1 is 0.923 bits per heavy atom. The Kier molecular flexibility index (Phi) is 7.83. The van der Waals surface area contributed by atoms with Gasteiger partial charge in [-0.15, -0.1) is 0 Å². The van der Waals surface area contributed by atoms with E-state index in [9.17, 15) is 9.59 Å². The minimum absolute atomic E-state index is 0.207. The van der Waals surface area contributed by atoms with Gasteiger partial charge >= 0.3 is 11.9 Å². The summed E-state index contributed by atoms with van der Waals surface area (Å²) in [6.07, 6.45) is 1.24. The highest BCUT2D eigenvalue weighted by Crippen LogP contribution is 2.08. The molecule has 0 radical (unpaired) electrons. The number of hydrogen-bond donors (Lipinski definition) is 1. The van der Waals surface area contributed by atoms with Gasteiger partial charge in [-0.1, -0.05) is 60.7 Å². The van der Waals surface area contributed by atoms with Gasteiger partial charge < -0.3 is 9.47 Å². The Morgan fingerprint density at radius 3 is 2.08 bits per heavy atom. The Hall–Kier alpha value is -2.66. The van der Waals surface area contributed by atoms with Crippen LogP contribution in [0, 0.1) is 0 Å². The number of nitrogens with one attached hydrogen (secondary N) is 1. The van der Waals surface area contributed by atoms with E-state index in [1.807, 2.05) is 60.7 Å². The third-order valence-electron chi connectivity index (χ3n) is 4.08. The fourth-order valence-corrected chi connectivity index (χ4v) is 2.59. The van der Waals surface area contributed by atoms with Gasteiger partial charge in [0.2, 0.25) is 0 Å². The van der Waals surface area contributed by atoms with Gasteiger partial charge in [-0.3, -0.25) is 14.9 Å². The second kappa shape index (κ2) is 10.4. The molecule has 2 rings (SSSR count). The van der Waals surface area contributed by atoms with Crippen LogP contribution < -0.4 is 5.32 Å². The second-order valence-electron chi connectivity index (χ2n) is 6.08. The minimum atomic E-state index is -0.612. The SMILES string of the molecule is COC(=O)[C@H](CCc1ccccc1)N[C@@H](C)C(=O)OCc1ccccc1. The molecular formula is C21H25NO4. The van der Waals surface area contributed by atoms with Crippen molar-refractivity contribution in [2.75, 3.05) is 7.11 Å². The number of carbonyl (C=O) groups excluding carboxylic acids is 2. The third-order valence-corrected chi connectivity index (χ3v) is 4.08. The highest BCUT2D eigenvalue weighted by Gasteiger charge is 2.25. The fraction of sp³-hybridized carbons (Fsp3) is 0.333. The third kappa shape index (κ3) is 6.33. The van der Waals surface area contributed by atoms with Gasteiger partial charge in [0.05, 0.1) is 7.11 Å². The van der Waals surface area contributed by atoms with Gasteiger partial charge in [-0.25, -0.2) is 0 Å². The summed E-state index contributed by atoms with van der Waals surface area (Å²) < 4.78 is 10.2. The van der Waals surface area contributed by atoms with Crippen LogP contribution in [0.2, 0.25) is 0 Å². The standard InChI is InChI=1S/C21H25NO4/c1-16(20(23)26-15-18-11-7-4-8-12-18)22-19(21(24)25-2)14-13-17-9-5-3-6-10-17/h3-12,16,19,22H,13-15H2,1-2H3/t16-,19-/m0/s1.